The van der Waals surface area contributed by atoms with Gasteiger partial charge in [0.05, 0.1) is 12.2 Å². The van der Waals surface area contributed by atoms with Crippen LogP contribution in [0.25, 0.3) is 11.1 Å². The van der Waals surface area contributed by atoms with E-state index in [0.29, 0.717) is 12.3 Å². The monoisotopic (exact) mass is 288 g/mol. The predicted octanol–water partition coefficient (Wildman–Crippen LogP) is 3.05. The van der Waals surface area contributed by atoms with Gasteiger partial charge < -0.3 is 4.42 Å². The van der Waals surface area contributed by atoms with E-state index < -0.39 is 0 Å². The SMILES string of the molecule is Cc1ccsc1CN(C)Cn1c(=O)oc2ccccc21. The summed E-state index contributed by atoms with van der Waals surface area (Å²) in [5, 5.41) is 2.10. The van der Waals surface area contributed by atoms with Crippen molar-refractivity contribution < 1.29 is 4.42 Å². The second-order valence-corrected chi connectivity index (χ2v) is 5.95. The summed E-state index contributed by atoms with van der Waals surface area (Å²) in [6.07, 6.45) is 0. The van der Waals surface area contributed by atoms with Crippen LogP contribution in [-0.4, -0.2) is 16.5 Å². The van der Waals surface area contributed by atoms with Gasteiger partial charge in [-0.05, 0) is 43.1 Å². The average molecular weight is 288 g/mol. The van der Waals surface area contributed by atoms with Gasteiger partial charge in [0.25, 0.3) is 0 Å². The summed E-state index contributed by atoms with van der Waals surface area (Å²) in [7, 11) is 2.01. The highest BCUT2D eigenvalue weighted by Gasteiger charge is 2.11. The fourth-order valence-corrected chi connectivity index (χ4v) is 3.24. The predicted molar refractivity (Wildman–Crippen MR) is 81.0 cm³/mol. The maximum Gasteiger partial charge on any atom is 0.421 e. The van der Waals surface area contributed by atoms with E-state index in [2.05, 4.69) is 23.3 Å². The highest BCUT2D eigenvalue weighted by Crippen LogP contribution is 2.18. The molecule has 0 fully saturated rings. The Morgan fingerprint density at radius 2 is 2.10 bits per heavy atom. The molecule has 0 aliphatic carbocycles. The van der Waals surface area contributed by atoms with E-state index in [1.54, 1.807) is 15.9 Å². The van der Waals surface area contributed by atoms with Crippen LogP contribution in [0.1, 0.15) is 10.4 Å². The molecule has 0 saturated heterocycles. The van der Waals surface area contributed by atoms with Gasteiger partial charge in [-0.3, -0.25) is 9.47 Å². The Labute approximate surface area is 120 Å². The Hall–Kier alpha value is -1.85. The normalized spacial score (nSPS) is 11.6. The number of aryl methyl sites for hydroxylation is 1. The number of rotatable bonds is 4. The molecule has 0 spiro atoms. The Bertz CT molecular complexity index is 784. The van der Waals surface area contributed by atoms with Crippen molar-refractivity contribution >= 4 is 22.4 Å². The van der Waals surface area contributed by atoms with Crippen LogP contribution >= 0.6 is 11.3 Å². The van der Waals surface area contributed by atoms with E-state index in [4.69, 9.17) is 4.42 Å². The molecule has 3 rings (SSSR count). The van der Waals surface area contributed by atoms with Gasteiger partial charge in [-0.2, -0.15) is 0 Å². The molecule has 20 heavy (non-hydrogen) atoms. The number of benzene rings is 1. The first-order valence-corrected chi connectivity index (χ1v) is 7.33. The van der Waals surface area contributed by atoms with Crippen LogP contribution < -0.4 is 5.76 Å². The molecule has 5 heteroatoms. The van der Waals surface area contributed by atoms with E-state index in [-0.39, 0.29) is 5.76 Å². The van der Waals surface area contributed by atoms with Gasteiger partial charge in [-0.1, -0.05) is 12.1 Å². The number of hydrogen-bond donors (Lipinski definition) is 0. The molecule has 0 aliphatic rings. The third-order valence-electron chi connectivity index (χ3n) is 3.34. The van der Waals surface area contributed by atoms with Gasteiger partial charge in [0.1, 0.15) is 0 Å². The van der Waals surface area contributed by atoms with Crippen molar-refractivity contribution in [1.29, 1.82) is 0 Å². The summed E-state index contributed by atoms with van der Waals surface area (Å²) >= 11 is 1.75. The smallest absolute Gasteiger partial charge is 0.408 e. The quantitative estimate of drug-likeness (QED) is 0.740. The standard InChI is InChI=1S/C15H16N2O2S/c1-11-7-8-20-14(11)9-16(2)10-17-12-5-3-4-6-13(12)19-15(17)18/h3-8H,9-10H2,1-2H3. The molecule has 2 aromatic heterocycles. The molecule has 0 amide bonds. The molecule has 0 N–H and O–H groups in total. The number of aromatic nitrogens is 1. The molecule has 104 valence electrons. The number of para-hydroxylation sites is 2. The topological polar surface area (TPSA) is 38.4 Å². The summed E-state index contributed by atoms with van der Waals surface area (Å²) in [6, 6.07) is 9.62. The maximum absolute atomic E-state index is 11.9. The largest absolute Gasteiger partial charge is 0.421 e. The van der Waals surface area contributed by atoms with Crippen LogP contribution in [0, 0.1) is 6.92 Å². The van der Waals surface area contributed by atoms with Crippen LogP contribution in [0.4, 0.5) is 0 Å². The molecule has 1 aromatic carbocycles. The molecule has 3 aromatic rings. The summed E-state index contributed by atoms with van der Waals surface area (Å²) in [5.41, 5.74) is 2.77. The minimum Gasteiger partial charge on any atom is -0.408 e. The lowest BCUT2D eigenvalue weighted by molar-refractivity contribution is 0.255. The third-order valence-corrected chi connectivity index (χ3v) is 4.35. The second kappa shape index (κ2) is 5.26. The Morgan fingerprint density at radius 3 is 2.85 bits per heavy atom. The Kier molecular flexibility index (Phi) is 3.46. The van der Waals surface area contributed by atoms with Gasteiger partial charge in [0.2, 0.25) is 0 Å². The molecule has 0 unspecified atom stereocenters. The van der Waals surface area contributed by atoms with Crippen LogP contribution in [0.5, 0.6) is 0 Å². The number of thiophene rings is 1. The van der Waals surface area contributed by atoms with Gasteiger partial charge >= 0.3 is 5.76 Å². The highest BCUT2D eigenvalue weighted by molar-refractivity contribution is 7.10. The summed E-state index contributed by atoms with van der Waals surface area (Å²) in [5.74, 6) is -0.305. The van der Waals surface area contributed by atoms with E-state index >= 15 is 0 Å². The van der Waals surface area contributed by atoms with E-state index in [1.807, 2.05) is 31.3 Å². The molecular weight excluding hydrogens is 272 g/mol. The van der Waals surface area contributed by atoms with Gasteiger partial charge in [-0.25, -0.2) is 4.79 Å². The number of hydrogen-bond acceptors (Lipinski definition) is 4. The summed E-state index contributed by atoms with van der Waals surface area (Å²) in [4.78, 5) is 15.4. The Morgan fingerprint density at radius 1 is 1.30 bits per heavy atom. The zero-order valence-electron chi connectivity index (χ0n) is 11.5. The maximum atomic E-state index is 11.9. The molecule has 0 radical (unpaired) electrons. The molecule has 0 aliphatic heterocycles. The lowest BCUT2D eigenvalue weighted by Crippen LogP contribution is -2.27. The summed E-state index contributed by atoms with van der Waals surface area (Å²) < 4.78 is 6.91. The minimum atomic E-state index is -0.305. The highest BCUT2D eigenvalue weighted by atomic mass is 32.1. The fourth-order valence-electron chi connectivity index (χ4n) is 2.25. The van der Waals surface area contributed by atoms with Crippen LogP contribution in [0.3, 0.4) is 0 Å². The minimum absolute atomic E-state index is 0.305. The molecule has 4 nitrogen and oxygen atoms in total. The van der Waals surface area contributed by atoms with Crippen molar-refractivity contribution in [1.82, 2.24) is 9.47 Å². The van der Waals surface area contributed by atoms with Crippen LogP contribution in [0.15, 0.2) is 44.9 Å². The fraction of sp³-hybridized carbons (Fsp3) is 0.267. The van der Waals surface area contributed by atoms with Crippen LogP contribution in [-0.2, 0) is 13.2 Å². The van der Waals surface area contributed by atoms with Crippen molar-refractivity contribution in [3.63, 3.8) is 0 Å². The molecule has 0 atom stereocenters. The number of oxazole rings is 1. The first-order valence-electron chi connectivity index (χ1n) is 6.45. The lowest BCUT2D eigenvalue weighted by Gasteiger charge is -2.16. The van der Waals surface area contributed by atoms with E-state index in [9.17, 15) is 4.79 Å². The van der Waals surface area contributed by atoms with Gasteiger partial charge in [-0.15, -0.1) is 11.3 Å². The van der Waals surface area contributed by atoms with E-state index in [0.717, 1.165) is 12.1 Å². The average Bonchev–Trinajstić information content (AvgIpc) is 2.95. The van der Waals surface area contributed by atoms with Crippen molar-refractivity contribution in [2.45, 2.75) is 20.1 Å². The first-order chi connectivity index (χ1) is 9.65. The Balaban J connectivity index is 1.84. The zero-order valence-corrected chi connectivity index (χ0v) is 12.3. The van der Waals surface area contributed by atoms with Crippen molar-refractivity contribution in [3.05, 3.63) is 56.7 Å². The molecule has 0 bridgehead atoms. The summed E-state index contributed by atoms with van der Waals surface area (Å²) in [6.45, 7) is 3.46. The van der Waals surface area contributed by atoms with Crippen molar-refractivity contribution in [2.75, 3.05) is 7.05 Å². The van der Waals surface area contributed by atoms with Crippen LogP contribution in [0.2, 0.25) is 0 Å². The molecule has 0 saturated carbocycles. The van der Waals surface area contributed by atoms with E-state index in [1.165, 1.54) is 10.4 Å². The van der Waals surface area contributed by atoms with Gasteiger partial charge in [0, 0.05) is 11.4 Å². The van der Waals surface area contributed by atoms with Gasteiger partial charge in [0.15, 0.2) is 5.58 Å². The number of fused-ring (bicyclic) bond motifs is 1. The zero-order chi connectivity index (χ0) is 14.1. The second-order valence-electron chi connectivity index (χ2n) is 4.95. The molecule has 2 heterocycles. The lowest BCUT2D eigenvalue weighted by atomic mass is 10.3. The molecular formula is C15H16N2O2S. The first kappa shape index (κ1) is 13.1. The third kappa shape index (κ3) is 2.42. The number of nitrogens with zero attached hydrogens (tertiary/aromatic N) is 2. The van der Waals surface area contributed by atoms with Crippen molar-refractivity contribution in [2.24, 2.45) is 0 Å². The van der Waals surface area contributed by atoms with Crippen molar-refractivity contribution in [3.8, 4) is 0 Å².